The summed E-state index contributed by atoms with van der Waals surface area (Å²) in [6.45, 7) is 5.98. The lowest BCUT2D eigenvalue weighted by Gasteiger charge is -2.23. The largest absolute Gasteiger partial charge is 0.384 e. The molecule has 4 aromatic rings. The highest BCUT2D eigenvalue weighted by molar-refractivity contribution is 6.31. The summed E-state index contributed by atoms with van der Waals surface area (Å²) in [6, 6.07) is 27.4. The average molecular weight is 430 g/mol. The SMILES string of the molecule is Cc1cccc(CN(CCCNc2ccnc3cc(Cl)ccc23)Cc2ccccc2)c1. The van der Waals surface area contributed by atoms with Crippen molar-refractivity contribution in [3.8, 4) is 0 Å². The van der Waals surface area contributed by atoms with Crippen LogP contribution in [-0.2, 0) is 13.1 Å². The molecule has 0 unspecified atom stereocenters. The summed E-state index contributed by atoms with van der Waals surface area (Å²) in [6.07, 6.45) is 2.89. The second-order valence-electron chi connectivity index (χ2n) is 7.99. The van der Waals surface area contributed by atoms with E-state index in [2.05, 4.69) is 76.7 Å². The number of aromatic nitrogens is 1. The van der Waals surface area contributed by atoms with Crippen LogP contribution in [0.15, 0.2) is 85.1 Å². The molecule has 0 bridgehead atoms. The number of benzene rings is 3. The Balaban J connectivity index is 1.39. The molecular weight excluding hydrogens is 402 g/mol. The van der Waals surface area contributed by atoms with Gasteiger partial charge in [0.1, 0.15) is 0 Å². The van der Waals surface area contributed by atoms with Gasteiger partial charge >= 0.3 is 0 Å². The maximum atomic E-state index is 6.11. The fourth-order valence-corrected chi connectivity index (χ4v) is 4.09. The molecule has 0 saturated heterocycles. The number of nitrogens with zero attached hydrogens (tertiary/aromatic N) is 2. The number of hydrogen-bond acceptors (Lipinski definition) is 3. The molecule has 1 aromatic heterocycles. The molecule has 1 N–H and O–H groups in total. The van der Waals surface area contributed by atoms with E-state index in [-0.39, 0.29) is 0 Å². The van der Waals surface area contributed by atoms with Crippen molar-refractivity contribution >= 4 is 28.2 Å². The van der Waals surface area contributed by atoms with Crippen LogP contribution in [0.4, 0.5) is 5.69 Å². The molecule has 0 spiro atoms. The second-order valence-corrected chi connectivity index (χ2v) is 8.42. The van der Waals surface area contributed by atoms with Crippen LogP contribution in [-0.4, -0.2) is 23.0 Å². The third kappa shape index (κ3) is 6.06. The summed E-state index contributed by atoms with van der Waals surface area (Å²) in [4.78, 5) is 6.95. The molecule has 158 valence electrons. The lowest BCUT2D eigenvalue weighted by atomic mass is 10.1. The van der Waals surface area contributed by atoms with E-state index in [0.717, 1.165) is 49.2 Å². The summed E-state index contributed by atoms with van der Waals surface area (Å²) in [5.74, 6) is 0. The number of hydrogen-bond donors (Lipinski definition) is 1. The van der Waals surface area contributed by atoms with Crippen molar-refractivity contribution < 1.29 is 0 Å². The minimum Gasteiger partial charge on any atom is -0.384 e. The number of pyridine rings is 1. The van der Waals surface area contributed by atoms with E-state index >= 15 is 0 Å². The molecule has 0 amide bonds. The third-order valence-electron chi connectivity index (χ3n) is 5.41. The van der Waals surface area contributed by atoms with Gasteiger partial charge in [-0.2, -0.15) is 0 Å². The van der Waals surface area contributed by atoms with E-state index in [0.29, 0.717) is 5.02 Å². The van der Waals surface area contributed by atoms with Gasteiger partial charge in [0.15, 0.2) is 0 Å². The number of rotatable bonds is 9. The Bertz CT molecular complexity index is 1130. The smallest absolute Gasteiger partial charge is 0.0737 e. The average Bonchev–Trinajstić information content (AvgIpc) is 2.77. The molecule has 0 aliphatic carbocycles. The lowest BCUT2D eigenvalue weighted by molar-refractivity contribution is 0.256. The summed E-state index contributed by atoms with van der Waals surface area (Å²) in [5.41, 5.74) is 6.04. The van der Waals surface area contributed by atoms with E-state index in [1.165, 1.54) is 16.7 Å². The van der Waals surface area contributed by atoms with Crippen molar-refractivity contribution in [2.24, 2.45) is 0 Å². The molecule has 0 atom stereocenters. The van der Waals surface area contributed by atoms with Crippen LogP contribution < -0.4 is 5.32 Å². The van der Waals surface area contributed by atoms with E-state index < -0.39 is 0 Å². The fraction of sp³-hybridized carbons (Fsp3) is 0.222. The third-order valence-corrected chi connectivity index (χ3v) is 5.64. The van der Waals surface area contributed by atoms with Crippen molar-refractivity contribution in [1.82, 2.24) is 9.88 Å². The van der Waals surface area contributed by atoms with Crippen molar-refractivity contribution in [2.75, 3.05) is 18.4 Å². The summed E-state index contributed by atoms with van der Waals surface area (Å²) in [7, 11) is 0. The molecular formula is C27H28ClN3. The van der Waals surface area contributed by atoms with Crippen LogP contribution in [0.5, 0.6) is 0 Å². The van der Waals surface area contributed by atoms with Crippen LogP contribution in [0, 0.1) is 6.92 Å². The highest BCUT2D eigenvalue weighted by Gasteiger charge is 2.08. The van der Waals surface area contributed by atoms with E-state index in [1.54, 1.807) is 0 Å². The molecule has 0 aliphatic heterocycles. The zero-order chi connectivity index (χ0) is 21.5. The Labute approximate surface area is 189 Å². The topological polar surface area (TPSA) is 28.2 Å². The Morgan fingerprint density at radius 2 is 1.68 bits per heavy atom. The predicted octanol–water partition coefficient (Wildman–Crippen LogP) is 6.70. The normalized spacial score (nSPS) is 11.2. The van der Waals surface area contributed by atoms with Gasteiger partial charge in [-0.15, -0.1) is 0 Å². The number of anilines is 1. The molecule has 0 aliphatic rings. The second kappa shape index (κ2) is 10.4. The molecule has 0 fully saturated rings. The molecule has 0 radical (unpaired) electrons. The quantitative estimate of drug-likeness (QED) is 0.300. The van der Waals surface area contributed by atoms with Crippen LogP contribution in [0.25, 0.3) is 10.9 Å². The lowest BCUT2D eigenvalue weighted by Crippen LogP contribution is -2.25. The zero-order valence-corrected chi connectivity index (χ0v) is 18.6. The van der Waals surface area contributed by atoms with Gasteiger partial charge in [0.05, 0.1) is 5.52 Å². The van der Waals surface area contributed by atoms with Crippen molar-refractivity contribution in [3.63, 3.8) is 0 Å². The van der Waals surface area contributed by atoms with Gasteiger partial charge < -0.3 is 5.32 Å². The summed E-state index contributed by atoms with van der Waals surface area (Å²) >= 11 is 6.11. The first-order valence-electron chi connectivity index (χ1n) is 10.8. The molecule has 3 aromatic carbocycles. The number of halogens is 1. The molecule has 31 heavy (non-hydrogen) atoms. The Kier molecular flexibility index (Phi) is 7.18. The molecule has 4 rings (SSSR count). The maximum Gasteiger partial charge on any atom is 0.0737 e. The zero-order valence-electron chi connectivity index (χ0n) is 17.9. The Morgan fingerprint density at radius 3 is 2.52 bits per heavy atom. The molecule has 3 nitrogen and oxygen atoms in total. The maximum absolute atomic E-state index is 6.11. The summed E-state index contributed by atoms with van der Waals surface area (Å²) < 4.78 is 0. The van der Waals surface area contributed by atoms with Gasteiger partial charge in [-0.25, -0.2) is 0 Å². The van der Waals surface area contributed by atoms with Gasteiger partial charge in [-0.05, 0) is 48.7 Å². The van der Waals surface area contributed by atoms with Crippen LogP contribution in [0.2, 0.25) is 5.02 Å². The van der Waals surface area contributed by atoms with Crippen molar-refractivity contribution in [3.05, 3.63) is 107 Å². The van der Waals surface area contributed by atoms with Crippen LogP contribution in [0.3, 0.4) is 0 Å². The number of fused-ring (bicyclic) bond motifs is 1. The first-order chi connectivity index (χ1) is 15.2. The summed E-state index contributed by atoms with van der Waals surface area (Å²) in [5, 5.41) is 5.41. The number of nitrogens with one attached hydrogen (secondary N) is 1. The van der Waals surface area contributed by atoms with Crippen LogP contribution >= 0.6 is 11.6 Å². The van der Waals surface area contributed by atoms with E-state index in [1.807, 2.05) is 30.5 Å². The van der Waals surface area contributed by atoms with Gasteiger partial charge in [0, 0.05) is 48.5 Å². The number of aryl methyl sites for hydroxylation is 1. The fourth-order valence-electron chi connectivity index (χ4n) is 3.93. The van der Waals surface area contributed by atoms with Gasteiger partial charge in [-0.1, -0.05) is 71.8 Å². The highest BCUT2D eigenvalue weighted by Crippen LogP contribution is 2.24. The first-order valence-corrected chi connectivity index (χ1v) is 11.2. The van der Waals surface area contributed by atoms with Gasteiger partial charge in [-0.3, -0.25) is 9.88 Å². The predicted molar refractivity (Wildman–Crippen MR) is 132 cm³/mol. The standard InChI is InChI=1S/C27H28ClN3/c1-21-7-5-10-23(17-21)20-31(19-22-8-3-2-4-9-22)16-6-14-29-26-13-15-30-27-18-24(28)11-12-25(26)27/h2-5,7-13,15,17-18H,6,14,16,19-20H2,1H3,(H,29,30). The highest BCUT2D eigenvalue weighted by atomic mass is 35.5. The van der Waals surface area contributed by atoms with Gasteiger partial charge in [0.25, 0.3) is 0 Å². The monoisotopic (exact) mass is 429 g/mol. The molecule has 0 saturated carbocycles. The Morgan fingerprint density at radius 1 is 0.871 bits per heavy atom. The molecule has 4 heteroatoms. The first kappa shape index (κ1) is 21.4. The van der Waals surface area contributed by atoms with Gasteiger partial charge in [0.2, 0.25) is 0 Å². The minimum atomic E-state index is 0.713. The van der Waals surface area contributed by atoms with Crippen molar-refractivity contribution in [1.29, 1.82) is 0 Å². The van der Waals surface area contributed by atoms with E-state index in [4.69, 9.17) is 11.6 Å². The Hall–Kier alpha value is -2.88. The van der Waals surface area contributed by atoms with Crippen LogP contribution in [0.1, 0.15) is 23.1 Å². The van der Waals surface area contributed by atoms with E-state index in [9.17, 15) is 0 Å². The molecule has 1 heterocycles. The van der Waals surface area contributed by atoms with Crippen molar-refractivity contribution in [2.45, 2.75) is 26.4 Å². The minimum absolute atomic E-state index is 0.713.